The van der Waals surface area contributed by atoms with Gasteiger partial charge in [-0.25, -0.2) is 18.2 Å². The van der Waals surface area contributed by atoms with Crippen LogP contribution in [0.4, 0.5) is 19.0 Å². The molecule has 174 valence electrons. The van der Waals surface area contributed by atoms with Gasteiger partial charge in [0, 0.05) is 55.5 Å². The van der Waals surface area contributed by atoms with E-state index in [1.807, 2.05) is 29.1 Å². The molecule has 2 aromatic heterocycles. The molecule has 1 N–H and O–H groups in total. The Morgan fingerprint density at radius 1 is 1.12 bits per heavy atom. The average molecular weight is 458 g/mol. The first-order valence-electron chi connectivity index (χ1n) is 11.3. The normalized spacial score (nSPS) is 18.9. The van der Waals surface area contributed by atoms with Crippen molar-refractivity contribution in [2.24, 2.45) is 5.92 Å². The lowest BCUT2D eigenvalue weighted by atomic mass is 9.86. The van der Waals surface area contributed by atoms with Crippen molar-refractivity contribution in [3.8, 4) is 11.1 Å². The van der Waals surface area contributed by atoms with E-state index in [9.17, 15) is 18.0 Å². The molecule has 1 amide bonds. The van der Waals surface area contributed by atoms with Crippen LogP contribution in [0.3, 0.4) is 0 Å². The van der Waals surface area contributed by atoms with Crippen LogP contribution >= 0.6 is 0 Å². The van der Waals surface area contributed by atoms with Crippen molar-refractivity contribution in [1.82, 2.24) is 19.7 Å². The SMILES string of the molecule is O=C(Nc1cc2cc(-c3cnn4c3CN(CCF)CC4)ccc2cn1)C1CCC(F)(F)CC1. The maximum Gasteiger partial charge on any atom is 0.248 e. The van der Waals surface area contributed by atoms with E-state index in [0.29, 0.717) is 18.9 Å². The second-order valence-electron chi connectivity index (χ2n) is 8.94. The number of hydrogen-bond donors (Lipinski definition) is 1. The Morgan fingerprint density at radius 3 is 2.73 bits per heavy atom. The Hall–Kier alpha value is -2.94. The lowest BCUT2D eigenvalue weighted by Gasteiger charge is -2.27. The monoisotopic (exact) mass is 457 g/mol. The first-order chi connectivity index (χ1) is 15.9. The summed E-state index contributed by atoms with van der Waals surface area (Å²) < 4.78 is 41.6. The summed E-state index contributed by atoms with van der Waals surface area (Å²) in [6, 6.07) is 7.81. The highest BCUT2D eigenvalue weighted by Gasteiger charge is 2.37. The van der Waals surface area contributed by atoms with Crippen molar-refractivity contribution in [3.63, 3.8) is 0 Å². The summed E-state index contributed by atoms with van der Waals surface area (Å²) in [5.74, 6) is -2.93. The molecule has 1 aliphatic heterocycles. The number of amides is 1. The Bertz CT molecular complexity index is 1170. The molecule has 2 aliphatic rings. The van der Waals surface area contributed by atoms with Gasteiger partial charge in [-0.1, -0.05) is 12.1 Å². The van der Waals surface area contributed by atoms with Crippen molar-refractivity contribution in [1.29, 1.82) is 0 Å². The van der Waals surface area contributed by atoms with Gasteiger partial charge >= 0.3 is 0 Å². The van der Waals surface area contributed by atoms with Crippen LogP contribution in [0.1, 0.15) is 31.4 Å². The number of halogens is 3. The second-order valence-corrected chi connectivity index (χ2v) is 8.94. The minimum atomic E-state index is -2.66. The number of rotatable bonds is 5. The molecule has 0 bridgehead atoms. The summed E-state index contributed by atoms with van der Waals surface area (Å²) in [5.41, 5.74) is 3.06. The molecular weight excluding hydrogens is 431 g/mol. The molecule has 6 nitrogen and oxygen atoms in total. The summed E-state index contributed by atoms with van der Waals surface area (Å²) in [5, 5.41) is 9.13. The third-order valence-electron chi connectivity index (χ3n) is 6.72. The van der Waals surface area contributed by atoms with Crippen LogP contribution in [0.15, 0.2) is 36.7 Å². The number of nitrogens with one attached hydrogen (secondary N) is 1. The van der Waals surface area contributed by atoms with E-state index in [0.717, 1.165) is 40.7 Å². The number of nitrogens with zero attached hydrogens (tertiary/aromatic N) is 4. The molecule has 33 heavy (non-hydrogen) atoms. The maximum atomic E-state index is 13.4. The van der Waals surface area contributed by atoms with Crippen molar-refractivity contribution in [2.75, 3.05) is 25.1 Å². The van der Waals surface area contributed by atoms with Gasteiger partial charge in [-0.2, -0.15) is 5.10 Å². The molecule has 0 atom stereocenters. The fourth-order valence-corrected chi connectivity index (χ4v) is 4.76. The molecule has 9 heteroatoms. The highest BCUT2D eigenvalue weighted by Crippen LogP contribution is 2.36. The van der Waals surface area contributed by atoms with Crippen molar-refractivity contribution >= 4 is 22.5 Å². The summed E-state index contributed by atoms with van der Waals surface area (Å²) in [4.78, 5) is 19.0. The van der Waals surface area contributed by atoms with Gasteiger partial charge in [0.05, 0.1) is 18.4 Å². The standard InChI is InChI=1S/C24H26F3N5O/c25-7-8-31-9-10-32-21(15-31)20(14-29-32)17-1-2-18-13-28-22(12-19(18)11-17)30-23(33)16-3-5-24(26,27)6-4-16/h1-2,11-14,16H,3-10,15H2,(H,28,30,33). The molecule has 0 unspecified atom stereocenters. The Kier molecular flexibility index (Phi) is 5.82. The number of carbonyl (C=O) groups excluding carboxylic acids is 1. The highest BCUT2D eigenvalue weighted by molar-refractivity contribution is 5.95. The summed E-state index contributed by atoms with van der Waals surface area (Å²) >= 11 is 0. The summed E-state index contributed by atoms with van der Waals surface area (Å²) in [7, 11) is 0. The van der Waals surface area contributed by atoms with Crippen molar-refractivity contribution < 1.29 is 18.0 Å². The smallest absolute Gasteiger partial charge is 0.248 e. The molecule has 3 aromatic rings. The number of hydrogen-bond acceptors (Lipinski definition) is 4. The van der Waals surface area contributed by atoms with Crippen LogP contribution in [-0.4, -0.2) is 51.3 Å². The van der Waals surface area contributed by atoms with E-state index >= 15 is 0 Å². The third kappa shape index (κ3) is 4.59. The number of anilines is 1. The van der Waals surface area contributed by atoms with E-state index in [1.165, 1.54) is 0 Å². The van der Waals surface area contributed by atoms with Gasteiger partial charge in [0.25, 0.3) is 0 Å². The molecule has 1 aromatic carbocycles. The van der Waals surface area contributed by atoms with Gasteiger partial charge < -0.3 is 5.32 Å². The largest absolute Gasteiger partial charge is 0.310 e. The molecular formula is C24H26F3N5O. The predicted molar refractivity (Wildman–Crippen MR) is 120 cm³/mol. The van der Waals surface area contributed by atoms with Gasteiger partial charge in [-0.05, 0) is 35.9 Å². The number of aromatic nitrogens is 3. The molecule has 1 aliphatic carbocycles. The predicted octanol–water partition coefficient (Wildman–Crippen LogP) is 4.65. The van der Waals surface area contributed by atoms with E-state index in [4.69, 9.17) is 0 Å². The zero-order valence-electron chi connectivity index (χ0n) is 18.2. The van der Waals surface area contributed by atoms with Gasteiger partial charge in [0.2, 0.25) is 11.8 Å². The van der Waals surface area contributed by atoms with Gasteiger partial charge in [-0.15, -0.1) is 0 Å². The molecule has 0 spiro atoms. The minimum absolute atomic E-state index is 0.183. The average Bonchev–Trinajstić information content (AvgIpc) is 3.22. The molecule has 1 fully saturated rings. The minimum Gasteiger partial charge on any atom is -0.310 e. The Balaban J connectivity index is 1.36. The van der Waals surface area contributed by atoms with Gasteiger partial charge in [-0.3, -0.25) is 14.4 Å². The number of alkyl halides is 3. The lowest BCUT2D eigenvalue weighted by molar-refractivity contribution is -0.124. The van der Waals surface area contributed by atoms with Crippen LogP contribution in [-0.2, 0) is 17.9 Å². The zero-order chi connectivity index (χ0) is 23.0. The molecule has 0 saturated heterocycles. The highest BCUT2D eigenvalue weighted by atomic mass is 19.3. The molecule has 0 radical (unpaired) electrons. The van der Waals surface area contributed by atoms with E-state index in [1.54, 1.807) is 12.3 Å². The number of benzene rings is 1. The fourth-order valence-electron chi connectivity index (χ4n) is 4.76. The first kappa shape index (κ1) is 21.9. The molecule has 1 saturated carbocycles. The third-order valence-corrected chi connectivity index (χ3v) is 6.72. The van der Waals surface area contributed by atoms with Crippen molar-refractivity contribution in [3.05, 3.63) is 42.4 Å². The molecule has 3 heterocycles. The van der Waals surface area contributed by atoms with Gasteiger partial charge in [0.15, 0.2) is 0 Å². The number of carbonyl (C=O) groups is 1. The zero-order valence-corrected chi connectivity index (χ0v) is 18.2. The first-order valence-corrected chi connectivity index (χ1v) is 11.3. The summed E-state index contributed by atoms with van der Waals surface area (Å²) in [6.07, 6.45) is 3.40. The lowest BCUT2D eigenvalue weighted by Crippen LogP contribution is -2.35. The maximum absolute atomic E-state index is 13.4. The van der Waals surface area contributed by atoms with Crippen LogP contribution in [0.25, 0.3) is 21.9 Å². The summed E-state index contributed by atoms with van der Waals surface area (Å²) in [6.45, 7) is 2.20. The van der Waals surface area contributed by atoms with E-state index in [2.05, 4.69) is 20.3 Å². The van der Waals surface area contributed by atoms with Crippen LogP contribution in [0.5, 0.6) is 0 Å². The number of pyridine rings is 1. The fraction of sp³-hybridized carbons (Fsp3) is 0.458. The van der Waals surface area contributed by atoms with Crippen LogP contribution in [0, 0.1) is 5.92 Å². The topological polar surface area (TPSA) is 63.1 Å². The Morgan fingerprint density at radius 2 is 1.94 bits per heavy atom. The van der Waals surface area contributed by atoms with Gasteiger partial charge in [0.1, 0.15) is 12.5 Å². The van der Waals surface area contributed by atoms with E-state index < -0.39 is 11.8 Å². The van der Waals surface area contributed by atoms with Crippen LogP contribution < -0.4 is 5.32 Å². The van der Waals surface area contributed by atoms with Crippen LogP contribution in [0.2, 0.25) is 0 Å². The quantitative estimate of drug-likeness (QED) is 0.606. The van der Waals surface area contributed by atoms with E-state index in [-0.39, 0.29) is 38.3 Å². The van der Waals surface area contributed by atoms with Crippen molar-refractivity contribution in [2.45, 2.75) is 44.7 Å². The number of fused-ring (bicyclic) bond motifs is 2. The molecule has 5 rings (SSSR count). The second kappa shape index (κ2) is 8.78. The Labute approximate surface area is 189 Å².